The zero-order chi connectivity index (χ0) is 14.0. The highest BCUT2D eigenvalue weighted by Crippen LogP contribution is 2.40. The maximum atomic E-state index is 12.1. The Hall–Kier alpha value is -1.02. The third-order valence-corrected chi connectivity index (χ3v) is 5.48. The van der Waals surface area contributed by atoms with E-state index in [1.807, 2.05) is 18.7 Å². The van der Waals surface area contributed by atoms with E-state index in [-0.39, 0.29) is 5.92 Å². The average molecular weight is 274 g/mol. The van der Waals surface area contributed by atoms with Gasteiger partial charge in [-0.1, -0.05) is 36.8 Å². The van der Waals surface area contributed by atoms with Crippen molar-refractivity contribution in [3.05, 3.63) is 42.0 Å². The van der Waals surface area contributed by atoms with Crippen LogP contribution < -0.4 is 0 Å². The van der Waals surface area contributed by atoms with Crippen LogP contribution in [0.5, 0.6) is 0 Å². The van der Waals surface area contributed by atoms with Gasteiger partial charge < -0.3 is 0 Å². The molecule has 0 spiro atoms. The van der Waals surface area contributed by atoms with Gasteiger partial charge in [0.1, 0.15) is 5.78 Å². The topological polar surface area (TPSA) is 17.1 Å². The van der Waals surface area contributed by atoms with Crippen molar-refractivity contribution in [2.75, 3.05) is 0 Å². The van der Waals surface area contributed by atoms with Crippen LogP contribution in [0.4, 0.5) is 0 Å². The van der Waals surface area contributed by atoms with E-state index in [0.717, 1.165) is 12.0 Å². The van der Waals surface area contributed by atoms with Crippen molar-refractivity contribution in [3.8, 4) is 0 Å². The molecule has 2 rings (SSSR count). The fourth-order valence-electron chi connectivity index (χ4n) is 2.52. The molecule has 1 aliphatic rings. The second-order valence-corrected chi connectivity index (χ2v) is 7.02. The van der Waals surface area contributed by atoms with E-state index >= 15 is 0 Å². The van der Waals surface area contributed by atoms with Crippen molar-refractivity contribution in [1.82, 2.24) is 0 Å². The molecule has 3 atom stereocenters. The molecule has 0 aromatic heterocycles. The van der Waals surface area contributed by atoms with Gasteiger partial charge in [-0.15, -0.1) is 11.8 Å². The Morgan fingerprint density at radius 1 is 1.32 bits per heavy atom. The summed E-state index contributed by atoms with van der Waals surface area (Å²) >= 11 is 1.84. The SMILES string of the molecule is C=C(C)[C@H]1CC(=O)[C@H](C)[C@H](Sc2ccc(C)cc2)C1. The first-order valence-corrected chi connectivity index (χ1v) is 7.76. The number of benzene rings is 1. The summed E-state index contributed by atoms with van der Waals surface area (Å²) in [7, 11) is 0. The molecule has 1 aromatic carbocycles. The maximum Gasteiger partial charge on any atom is 0.137 e. The van der Waals surface area contributed by atoms with E-state index in [9.17, 15) is 4.79 Å². The van der Waals surface area contributed by atoms with Crippen LogP contribution in [0.2, 0.25) is 0 Å². The number of allylic oxidation sites excluding steroid dienone is 1. The molecule has 1 fully saturated rings. The predicted octanol–water partition coefficient (Wildman–Crippen LogP) is 4.65. The van der Waals surface area contributed by atoms with Crippen LogP contribution >= 0.6 is 11.8 Å². The number of carbonyl (C=O) groups is 1. The van der Waals surface area contributed by atoms with Crippen LogP contribution in [0.25, 0.3) is 0 Å². The first-order chi connectivity index (χ1) is 8.97. The molecule has 0 heterocycles. The van der Waals surface area contributed by atoms with E-state index in [4.69, 9.17) is 0 Å². The third-order valence-electron chi connectivity index (χ3n) is 4.04. The maximum absolute atomic E-state index is 12.1. The molecule has 0 N–H and O–H groups in total. The van der Waals surface area contributed by atoms with Crippen LogP contribution in [0.3, 0.4) is 0 Å². The Morgan fingerprint density at radius 2 is 1.95 bits per heavy atom. The molecule has 0 radical (unpaired) electrons. The Morgan fingerprint density at radius 3 is 2.53 bits per heavy atom. The van der Waals surface area contributed by atoms with Crippen molar-refractivity contribution in [3.63, 3.8) is 0 Å². The van der Waals surface area contributed by atoms with E-state index in [1.165, 1.54) is 10.5 Å². The van der Waals surface area contributed by atoms with Crippen LogP contribution in [0.15, 0.2) is 41.3 Å². The normalized spacial score (nSPS) is 27.3. The van der Waals surface area contributed by atoms with Crippen molar-refractivity contribution in [1.29, 1.82) is 0 Å². The lowest BCUT2D eigenvalue weighted by Gasteiger charge is -2.33. The monoisotopic (exact) mass is 274 g/mol. The van der Waals surface area contributed by atoms with Gasteiger partial charge in [0, 0.05) is 22.5 Å². The minimum atomic E-state index is 0.155. The lowest BCUT2D eigenvalue weighted by molar-refractivity contribution is -0.124. The highest BCUT2D eigenvalue weighted by Gasteiger charge is 2.34. The van der Waals surface area contributed by atoms with Crippen LogP contribution in [-0.4, -0.2) is 11.0 Å². The van der Waals surface area contributed by atoms with Crippen molar-refractivity contribution in [2.24, 2.45) is 11.8 Å². The fourth-order valence-corrected chi connectivity index (χ4v) is 3.85. The highest BCUT2D eigenvalue weighted by atomic mass is 32.2. The first kappa shape index (κ1) is 14.4. The Bertz CT molecular complexity index is 475. The lowest BCUT2D eigenvalue weighted by atomic mass is 9.79. The second-order valence-electron chi connectivity index (χ2n) is 5.71. The first-order valence-electron chi connectivity index (χ1n) is 6.89. The molecule has 0 bridgehead atoms. The van der Waals surface area contributed by atoms with E-state index < -0.39 is 0 Å². The summed E-state index contributed by atoms with van der Waals surface area (Å²) in [5.74, 6) is 0.914. The molecule has 2 heteroatoms. The van der Waals surface area contributed by atoms with Gasteiger partial charge in [0.05, 0.1) is 0 Å². The third kappa shape index (κ3) is 3.50. The molecule has 0 saturated heterocycles. The number of carbonyl (C=O) groups excluding carboxylic acids is 1. The molecule has 102 valence electrons. The zero-order valence-corrected chi connectivity index (χ0v) is 12.8. The number of rotatable bonds is 3. The van der Waals surface area contributed by atoms with Gasteiger partial charge in [0.25, 0.3) is 0 Å². The molecule has 1 saturated carbocycles. The van der Waals surface area contributed by atoms with Gasteiger partial charge in [0.2, 0.25) is 0 Å². The Balaban J connectivity index is 2.10. The number of hydrogen-bond donors (Lipinski definition) is 0. The van der Waals surface area contributed by atoms with E-state index in [0.29, 0.717) is 23.4 Å². The van der Waals surface area contributed by atoms with Crippen molar-refractivity contribution in [2.45, 2.75) is 43.8 Å². The van der Waals surface area contributed by atoms with E-state index in [2.05, 4.69) is 44.7 Å². The van der Waals surface area contributed by atoms with Crippen molar-refractivity contribution >= 4 is 17.5 Å². The smallest absolute Gasteiger partial charge is 0.137 e. The summed E-state index contributed by atoms with van der Waals surface area (Å²) in [6.45, 7) is 10.2. The predicted molar refractivity (Wildman–Crippen MR) is 82.5 cm³/mol. The van der Waals surface area contributed by atoms with Crippen molar-refractivity contribution < 1.29 is 4.79 Å². The standard InChI is InChI=1S/C17H22OS/c1-11(2)14-9-16(18)13(4)17(10-14)19-15-7-5-12(3)6-8-15/h5-8,13-14,17H,1,9-10H2,2-4H3/t13-,14-,17+/m0/s1. The zero-order valence-electron chi connectivity index (χ0n) is 12.0. The fraction of sp³-hybridized carbons (Fsp3) is 0.471. The van der Waals surface area contributed by atoms with Crippen LogP contribution in [0, 0.1) is 18.8 Å². The second kappa shape index (κ2) is 5.96. The molecule has 1 nitrogen and oxygen atoms in total. The molecule has 1 aromatic rings. The van der Waals surface area contributed by atoms with Gasteiger partial charge in [-0.25, -0.2) is 0 Å². The average Bonchev–Trinajstić information content (AvgIpc) is 2.37. The van der Waals surface area contributed by atoms with Gasteiger partial charge in [-0.3, -0.25) is 4.79 Å². The molecule has 1 aliphatic carbocycles. The van der Waals surface area contributed by atoms with Gasteiger partial charge >= 0.3 is 0 Å². The number of hydrogen-bond acceptors (Lipinski definition) is 2. The minimum Gasteiger partial charge on any atom is -0.299 e. The molecular formula is C17H22OS. The van der Waals surface area contributed by atoms with Gasteiger partial charge in [-0.2, -0.15) is 0 Å². The number of aryl methyl sites for hydroxylation is 1. The van der Waals surface area contributed by atoms with Gasteiger partial charge in [-0.05, 0) is 38.3 Å². The summed E-state index contributed by atoms with van der Waals surface area (Å²) in [4.78, 5) is 13.4. The molecule has 0 unspecified atom stereocenters. The number of ketones is 1. The highest BCUT2D eigenvalue weighted by molar-refractivity contribution is 8.00. The lowest BCUT2D eigenvalue weighted by Crippen LogP contribution is -2.33. The summed E-state index contributed by atoms with van der Waals surface area (Å²) in [6, 6.07) is 8.57. The number of thioether (sulfide) groups is 1. The Kier molecular flexibility index (Phi) is 4.51. The van der Waals surface area contributed by atoms with Crippen LogP contribution in [-0.2, 0) is 4.79 Å². The summed E-state index contributed by atoms with van der Waals surface area (Å²) in [6.07, 6.45) is 1.75. The van der Waals surface area contributed by atoms with Crippen LogP contribution in [0.1, 0.15) is 32.3 Å². The summed E-state index contributed by atoms with van der Waals surface area (Å²) in [5.41, 5.74) is 2.42. The summed E-state index contributed by atoms with van der Waals surface area (Å²) < 4.78 is 0. The number of Topliss-reactive ketones (excluding diaryl/α,β-unsaturated/α-hetero) is 1. The molecule has 19 heavy (non-hydrogen) atoms. The quantitative estimate of drug-likeness (QED) is 0.746. The minimum absolute atomic E-state index is 0.155. The van der Waals surface area contributed by atoms with E-state index in [1.54, 1.807) is 0 Å². The molecular weight excluding hydrogens is 252 g/mol. The molecule has 0 aliphatic heterocycles. The molecule has 0 amide bonds. The summed E-state index contributed by atoms with van der Waals surface area (Å²) in [5, 5.41) is 0.380. The van der Waals surface area contributed by atoms with Gasteiger partial charge in [0.15, 0.2) is 0 Å². The Labute approximate surface area is 120 Å². The largest absolute Gasteiger partial charge is 0.299 e.